The predicted octanol–water partition coefficient (Wildman–Crippen LogP) is 2.44. The highest BCUT2D eigenvalue weighted by Crippen LogP contribution is 2.22. The van der Waals surface area contributed by atoms with E-state index in [1.54, 1.807) is 0 Å². The zero-order chi connectivity index (χ0) is 13.7. The largest absolute Gasteiger partial charge is 0.330 e. The summed E-state index contributed by atoms with van der Waals surface area (Å²) in [5.74, 6) is 0.612. The smallest absolute Gasteiger partial charge is 0.0951 e. The number of hydrogen-bond acceptors (Lipinski definition) is 3. The molecule has 0 saturated carbocycles. The highest BCUT2D eigenvalue weighted by molar-refractivity contribution is 5.06. The minimum atomic E-state index is 0.0920. The molecule has 1 aromatic heterocycles. The summed E-state index contributed by atoms with van der Waals surface area (Å²) in [6, 6.07) is 0.539. The maximum absolute atomic E-state index is 6.26. The van der Waals surface area contributed by atoms with E-state index in [0.29, 0.717) is 12.0 Å². The van der Waals surface area contributed by atoms with Gasteiger partial charge in [-0.3, -0.25) is 0 Å². The van der Waals surface area contributed by atoms with Crippen molar-refractivity contribution in [2.75, 3.05) is 20.6 Å². The van der Waals surface area contributed by atoms with Crippen molar-refractivity contribution in [2.45, 2.75) is 45.7 Å². The van der Waals surface area contributed by atoms with Crippen LogP contribution in [0.1, 0.15) is 51.4 Å². The molecule has 1 rings (SSSR count). The van der Waals surface area contributed by atoms with Crippen molar-refractivity contribution in [3.8, 4) is 0 Å². The second kappa shape index (κ2) is 6.90. The first-order valence-corrected chi connectivity index (χ1v) is 6.83. The number of hydrogen-bond donors (Lipinski definition) is 1. The van der Waals surface area contributed by atoms with Crippen LogP contribution in [0, 0.1) is 5.92 Å². The Bertz CT molecular complexity index is 343. The third-order valence-electron chi connectivity index (χ3n) is 3.27. The van der Waals surface area contributed by atoms with Gasteiger partial charge in [-0.05, 0) is 46.3 Å². The van der Waals surface area contributed by atoms with Crippen molar-refractivity contribution in [2.24, 2.45) is 11.7 Å². The normalized spacial score (nSPS) is 15.3. The van der Waals surface area contributed by atoms with E-state index < -0.39 is 0 Å². The van der Waals surface area contributed by atoms with E-state index >= 15 is 0 Å². The summed E-state index contributed by atoms with van der Waals surface area (Å²) in [6.45, 7) is 7.72. The van der Waals surface area contributed by atoms with E-state index in [0.717, 1.165) is 25.1 Å². The second-order valence-electron chi connectivity index (χ2n) is 5.90. The molecular weight excluding hydrogens is 224 g/mol. The third kappa shape index (κ3) is 4.42. The summed E-state index contributed by atoms with van der Waals surface area (Å²) in [5.41, 5.74) is 7.43. The molecular formula is C14H28N4. The first-order valence-electron chi connectivity index (χ1n) is 6.83. The minimum Gasteiger partial charge on any atom is -0.330 e. The lowest BCUT2D eigenvalue weighted by atomic mass is 10.0. The van der Waals surface area contributed by atoms with Crippen LogP contribution in [0.4, 0.5) is 0 Å². The van der Waals surface area contributed by atoms with Gasteiger partial charge in [0.1, 0.15) is 0 Å². The molecule has 0 bridgehead atoms. The Hall–Kier alpha value is -0.870. The average Bonchev–Trinajstić information content (AvgIpc) is 2.73. The Kier molecular flexibility index (Phi) is 5.82. The molecule has 18 heavy (non-hydrogen) atoms. The molecule has 1 aromatic rings. The molecule has 4 nitrogen and oxygen atoms in total. The fourth-order valence-electron chi connectivity index (χ4n) is 2.18. The minimum absolute atomic E-state index is 0.0920. The van der Waals surface area contributed by atoms with Crippen LogP contribution >= 0.6 is 0 Å². The van der Waals surface area contributed by atoms with Gasteiger partial charge in [0.2, 0.25) is 0 Å². The first-order chi connectivity index (χ1) is 8.41. The van der Waals surface area contributed by atoms with Crippen LogP contribution in [-0.2, 0) is 0 Å². The highest BCUT2D eigenvalue weighted by atomic mass is 15.1. The van der Waals surface area contributed by atoms with E-state index in [1.165, 1.54) is 0 Å². The second-order valence-corrected chi connectivity index (χ2v) is 5.90. The van der Waals surface area contributed by atoms with E-state index in [4.69, 9.17) is 5.73 Å². The fourth-order valence-corrected chi connectivity index (χ4v) is 2.18. The van der Waals surface area contributed by atoms with Crippen molar-refractivity contribution in [1.29, 1.82) is 0 Å². The van der Waals surface area contributed by atoms with E-state index in [9.17, 15) is 0 Å². The molecule has 0 aromatic carbocycles. The lowest BCUT2D eigenvalue weighted by molar-refractivity contribution is 0.350. The van der Waals surface area contributed by atoms with Crippen LogP contribution in [0.5, 0.6) is 0 Å². The van der Waals surface area contributed by atoms with Crippen LogP contribution in [0.15, 0.2) is 12.5 Å². The van der Waals surface area contributed by atoms with Crippen molar-refractivity contribution in [3.63, 3.8) is 0 Å². The van der Waals surface area contributed by atoms with Gasteiger partial charge in [0.15, 0.2) is 0 Å². The van der Waals surface area contributed by atoms with Gasteiger partial charge < -0.3 is 15.2 Å². The number of nitrogens with two attached hydrogens (primary N) is 1. The number of aromatic nitrogens is 2. The predicted molar refractivity (Wildman–Crippen MR) is 76.5 cm³/mol. The Balaban J connectivity index is 2.69. The molecule has 2 atom stereocenters. The fraction of sp³-hybridized carbons (Fsp3) is 0.786. The topological polar surface area (TPSA) is 47.1 Å². The molecule has 0 amide bonds. The summed E-state index contributed by atoms with van der Waals surface area (Å²) in [6.07, 6.45) is 5.95. The van der Waals surface area contributed by atoms with Crippen molar-refractivity contribution in [3.05, 3.63) is 18.2 Å². The Morgan fingerprint density at radius 2 is 2.00 bits per heavy atom. The number of nitrogens with zero attached hydrogens (tertiary/aromatic N) is 3. The maximum Gasteiger partial charge on any atom is 0.0951 e. The molecule has 0 spiro atoms. The zero-order valence-corrected chi connectivity index (χ0v) is 12.4. The van der Waals surface area contributed by atoms with E-state index in [-0.39, 0.29) is 6.04 Å². The van der Waals surface area contributed by atoms with Gasteiger partial charge in [-0.15, -0.1) is 0 Å². The average molecular weight is 252 g/mol. The molecule has 2 N–H and O–H groups in total. The van der Waals surface area contributed by atoms with E-state index in [2.05, 4.69) is 49.3 Å². The quantitative estimate of drug-likeness (QED) is 0.811. The Morgan fingerprint density at radius 1 is 1.33 bits per heavy atom. The molecule has 2 unspecified atom stereocenters. The molecule has 0 radical (unpaired) electrons. The summed E-state index contributed by atoms with van der Waals surface area (Å²) in [7, 11) is 4.21. The zero-order valence-electron chi connectivity index (χ0n) is 12.4. The molecule has 0 saturated heterocycles. The molecule has 0 fully saturated rings. The summed E-state index contributed by atoms with van der Waals surface area (Å²) >= 11 is 0. The molecule has 0 aliphatic carbocycles. The molecule has 0 aliphatic heterocycles. The summed E-state index contributed by atoms with van der Waals surface area (Å²) in [4.78, 5) is 6.48. The van der Waals surface area contributed by atoms with Crippen LogP contribution in [-0.4, -0.2) is 35.1 Å². The van der Waals surface area contributed by atoms with Gasteiger partial charge in [0, 0.05) is 18.3 Å². The van der Waals surface area contributed by atoms with Crippen LogP contribution in [0.25, 0.3) is 0 Å². The SMILES string of the molecule is CC(C)CC(N)c1cncn1C(C)CCN(C)C. The summed E-state index contributed by atoms with van der Waals surface area (Å²) < 4.78 is 2.23. The monoisotopic (exact) mass is 252 g/mol. The van der Waals surface area contributed by atoms with Crippen molar-refractivity contribution < 1.29 is 0 Å². The highest BCUT2D eigenvalue weighted by Gasteiger charge is 2.16. The molecule has 4 heteroatoms. The molecule has 1 heterocycles. The standard InChI is InChI=1S/C14H28N4/c1-11(2)8-13(15)14-9-16-10-18(14)12(3)6-7-17(4)5/h9-13H,6-8,15H2,1-5H3. The lowest BCUT2D eigenvalue weighted by Crippen LogP contribution is -2.21. The molecule has 0 aliphatic rings. The molecule has 104 valence electrons. The van der Waals surface area contributed by atoms with Crippen LogP contribution in [0.3, 0.4) is 0 Å². The van der Waals surface area contributed by atoms with Crippen molar-refractivity contribution in [1.82, 2.24) is 14.5 Å². The van der Waals surface area contributed by atoms with Crippen LogP contribution < -0.4 is 5.73 Å². The Labute approximate surface area is 111 Å². The van der Waals surface area contributed by atoms with Crippen molar-refractivity contribution >= 4 is 0 Å². The van der Waals surface area contributed by atoms with Gasteiger partial charge in [-0.1, -0.05) is 13.8 Å². The van der Waals surface area contributed by atoms with Gasteiger partial charge >= 0.3 is 0 Å². The van der Waals surface area contributed by atoms with Gasteiger partial charge in [0.05, 0.1) is 12.0 Å². The summed E-state index contributed by atoms with van der Waals surface area (Å²) in [5, 5.41) is 0. The lowest BCUT2D eigenvalue weighted by Gasteiger charge is -2.22. The first kappa shape index (κ1) is 15.2. The van der Waals surface area contributed by atoms with Gasteiger partial charge in [0.25, 0.3) is 0 Å². The number of imidazole rings is 1. The Morgan fingerprint density at radius 3 is 2.56 bits per heavy atom. The van der Waals surface area contributed by atoms with Gasteiger partial charge in [-0.25, -0.2) is 4.98 Å². The maximum atomic E-state index is 6.26. The number of rotatable bonds is 7. The van der Waals surface area contributed by atoms with Gasteiger partial charge in [-0.2, -0.15) is 0 Å². The third-order valence-corrected chi connectivity index (χ3v) is 3.27. The van der Waals surface area contributed by atoms with E-state index in [1.807, 2.05) is 12.5 Å². The van der Waals surface area contributed by atoms with Crippen LogP contribution in [0.2, 0.25) is 0 Å².